The number of aromatic nitrogens is 1. The Balaban J connectivity index is 2.52. The van der Waals surface area contributed by atoms with Gasteiger partial charge in [-0.1, -0.05) is 12.6 Å². The fourth-order valence-corrected chi connectivity index (χ4v) is 0.634. The van der Waals surface area contributed by atoms with Crippen LogP contribution in [0.1, 0.15) is 5.69 Å². The van der Waals surface area contributed by atoms with Crippen LogP contribution in [0.2, 0.25) is 0 Å². The maximum atomic E-state index is 5.22. The number of pyridine rings is 1. The third-order valence-corrected chi connectivity index (χ3v) is 1.09. The summed E-state index contributed by atoms with van der Waals surface area (Å²) in [6.07, 6.45) is 3.26. The Kier molecular flexibility index (Phi) is 2.84. The lowest BCUT2D eigenvalue weighted by Crippen LogP contribution is -2.12. The molecule has 0 fully saturated rings. The van der Waals surface area contributed by atoms with E-state index >= 15 is 0 Å². The van der Waals surface area contributed by atoms with Crippen molar-refractivity contribution in [3.63, 3.8) is 0 Å². The molecule has 1 aromatic rings. The molecule has 0 unspecified atom stereocenters. The molecular formula is C8H10N4. The molecule has 0 aliphatic rings. The van der Waals surface area contributed by atoms with E-state index in [1.807, 2.05) is 18.2 Å². The maximum absolute atomic E-state index is 5.22. The van der Waals surface area contributed by atoms with E-state index in [0.717, 1.165) is 5.69 Å². The molecule has 1 heterocycles. The van der Waals surface area contributed by atoms with Gasteiger partial charge in [-0.3, -0.25) is 10.4 Å². The van der Waals surface area contributed by atoms with Crippen LogP contribution in [0, 0.1) is 0 Å². The van der Waals surface area contributed by atoms with E-state index in [2.05, 4.69) is 22.1 Å². The highest BCUT2D eigenvalue weighted by atomic mass is 15.3. The lowest BCUT2D eigenvalue weighted by atomic mass is 10.4. The van der Waals surface area contributed by atoms with Gasteiger partial charge in [0.2, 0.25) is 0 Å². The van der Waals surface area contributed by atoms with Gasteiger partial charge in [-0.15, -0.1) is 0 Å². The number of nitrogens with one attached hydrogen (secondary N) is 1. The summed E-state index contributed by atoms with van der Waals surface area (Å²) in [7, 11) is 0. The maximum Gasteiger partial charge on any atom is 0.109 e. The number of hydrazone groups is 1. The summed E-state index contributed by atoms with van der Waals surface area (Å²) in [5.41, 5.74) is 8.49. The van der Waals surface area contributed by atoms with Gasteiger partial charge in [-0.25, -0.2) is 0 Å². The molecule has 1 aromatic heterocycles. The standard InChI is InChI=1S/C8H10N4/c1-7(9)12-11-6-8-4-2-3-5-10-8/h2-6,12H,1,9H2/b11-6+. The van der Waals surface area contributed by atoms with Gasteiger partial charge in [0.1, 0.15) is 5.82 Å². The molecule has 0 amide bonds. The molecule has 12 heavy (non-hydrogen) atoms. The second-order valence-corrected chi connectivity index (χ2v) is 2.15. The van der Waals surface area contributed by atoms with Crippen LogP contribution in [-0.4, -0.2) is 11.2 Å². The first-order valence-electron chi connectivity index (χ1n) is 3.43. The Labute approximate surface area is 70.8 Å². The molecule has 1 rings (SSSR count). The largest absolute Gasteiger partial charge is 0.385 e. The van der Waals surface area contributed by atoms with Crippen LogP contribution in [0.3, 0.4) is 0 Å². The van der Waals surface area contributed by atoms with E-state index in [1.54, 1.807) is 12.4 Å². The van der Waals surface area contributed by atoms with Crippen molar-refractivity contribution in [2.75, 3.05) is 0 Å². The summed E-state index contributed by atoms with van der Waals surface area (Å²) in [5.74, 6) is 0.308. The normalized spacial score (nSPS) is 10.0. The van der Waals surface area contributed by atoms with E-state index in [-0.39, 0.29) is 0 Å². The van der Waals surface area contributed by atoms with Crippen LogP contribution in [-0.2, 0) is 0 Å². The molecule has 0 bridgehead atoms. The summed E-state index contributed by atoms with van der Waals surface area (Å²) in [5, 5.41) is 3.78. The quantitative estimate of drug-likeness (QED) is 0.500. The summed E-state index contributed by atoms with van der Waals surface area (Å²) in [6.45, 7) is 3.42. The van der Waals surface area contributed by atoms with Crippen molar-refractivity contribution < 1.29 is 0 Å². The number of nitrogens with two attached hydrogens (primary N) is 1. The molecule has 62 valence electrons. The minimum atomic E-state index is 0.308. The lowest BCUT2D eigenvalue weighted by molar-refractivity contribution is 0.881. The third-order valence-electron chi connectivity index (χ3n) is 1.09. The number of hydrogen-bond donors (Lipinski definition) is 2. The Morgan fingerprint density at radius 1 is 1.67 bits per heavy atom. The third kappa shape index (κ3) is 2.83. The van der Waals surface area contributed by atoms with Gasteiger partial charge in [0.15, 0.2) is 0 Å². The van der Waals surface area contributed by atoms with Crippen molar-refractivity contribution in [3.05, 3.63) is 42.5 Å². The summed E-state index contributed by atoms with van der Waals surface area (Å²) < 4.78 is 0. The smallest absolute Gasteiger partial charge is 0.109 e. The first-order valence-corrected chi connectivity index (χ1v) is 3.43. The van der Waals surface area contributed by atoms with E-state index in [0.29, 0.717) is 5.82 Å². The molecule has 0 atom stereocenters. The van der Waals surface area contributed by atoms with Crippen molar-refractivity contribution >= 4 is 6.21 Å². The van der Waals surface area contributed by atoms with E-state index in [9.17, 15) is 0 Å². The van der Waals surface area contributed by atoms with Gasteiger partial charge in [-0.05, 0) is 12.1 Å². The zero-order valence-corrected chi connectivity index (χ0v) is 6.57. The molecule has 4 nitrogen and oxygen atoms in total. The number of rotatable bonds is 3. The second kappa shape index (κ2) is 4.12. The van der Waals surface area contributed by atoms with Crippen molar-refractivity contribution in [1.29, 1.82) is 0 Å². The Morgan fingerprint density at radius 2 is 2.50 bits per heavy atom. The zero-order chi connectivity index (χ0) is 8.81. The van der Waals surface area contributed by atoms with Crippen LogP contribution >= 0.6 is 0 Å². The molecule has 4 heteroatoms. The van der Waals surface area contributed by atoms with Crippen LogP contribution in [0.4, 0.5) is 0 Å². The highest BCUT2D eigenvalue weighted by molar-refractivity contribution is 5.76. The number of hydrogen-bond acceptors (Lipinski definition) is 4. The Bertz CT molecular complexity index is 278. The van der Waals surface area contributed by atoms with Crippen LogP contribution in [0.15, 0.2) is 41.9 Å². The summed E-state index contributed by atoms with van der Waals surface area (Å²) in [6, 6.07) is 5.56. The first kappa shape index (κ1) is 8.26. The van der Waals surface area contributed by atoms with Crippen LogP contribution in [0.25, 0.3) is 0 Å². The topological polar surface area (TPSA) is 63.3 Å². The van der Waals surface area contributed by atoms with Gasteiger partial charge in [0, 0.05) is 6.20 Å². The van der Waals surface area contributed by atoms with Gasteiger partial charge in [-0.2, -0.15) is 5.10 Å². The van der Waals surface area contributed by atoms with Gasteiger partial charge < -0.3 is 5.73 Å². The lowest BCUT2D eigenvalue weighted by Gasteiger charge is -1.94. The minimum absolute atomic E-state index is 0.308. The predicted octanol–water partition coefficient (Wildman–Crippen LogP) is 0.435. The Hall–Kier alpha value is -1.84. The van der Waals surface area contributed by atoms with E-state index in [1.165, 1.54) is 0 Å². The van der Waals surface area contributed by atoms with Crippen LogP contribution in [0.5, 0.6) is 0 Å². The molecular weight excluding hydrogens is 152 g/mol. The molecule has 0 aromatic carbocycles. The SMILES string of the molecule is C=C(N)N/N=C/c1ccccn1. The average molecular weight is 162 g/mol. The zero-order valence-electron chi connectivity index (χ0n) is 6.57. The highest BCUT2D eigenvalue weighted by Crippen LogP contribution is 1.87. The molecule has 0 spiro atoms. The summed E-state index contributed by atoms with van der Waals surface area (Å²) in [4.78, 5) is 4.02. The van der Waals surface area contributed by atoms with E-state index < -0.39 is 0 Å². The van der Waals surface area contributed by atoms with Gasteiger partial charge in [0.05, 0.1) is 11.9 Å². The van der Waals surface area contributed by atoms with Crippen molar-refractivity contribution in [2.45, 2.75) is 0 Å². The predicted molar refractivity (Wildman–Crippen MR) is 48.3 cm³/mol. The molecule has 3 N–H and O–H groups in total. The molecule has 0 saturated heterocycles. The Morgan fingerprint density at radius 3 is 3.08 bits per heavy atom. The molecule has 0 saturated carbocycles. The molecule has 0 aliphatic heterocycles. The molecule has 0 aliphatic carbocycles. The van der Waals surface area contributed by atoms with Crippen molar-refractivity contribution in [2.24, 2.45) is 10.8 Å². The minimum Gasteiger partial charge on any atom is -0.385 e. The fraction of sp³-hybridized carbons (Fsp3) is 0. The van der Waals surface area contributed by atoms with E-state index in [4.69, 9.17) is 5.73 Å². The first-order chi connectivity index (χ1) is 5.79. The monoisotopic (exact) mass is 162 g/mol. The van der Waals surface area contributed by atoms with Gasteiger partial charge >= 0.3 is 0 Å². The van der Waals surface area contributed by atoms with Crippen molar-refractivity contribution in [1.82, 2.24) is 10.4 Å². The summed E-state index contributed by atoms with van der Waals surface area (Å²) >= 11 is 0. The number of nitrogens with zero attached hydrogens (tertiary/aromatic N) is 2. The average Bonchev–Trinajstić information content (AvgIpc) is 2.05. The fourth-order valence-electron chi connectivity index (χ4n) is 0.634. The van der Waals surface area contributed by atoms with Crippen molar-refractivity contribution in [3.8, 4) is 0 Å². The molecule has 0 radical (unpaired) electrons. The van der Waals surface area contributed by atoms with Gasteiger partial charge in [0.25, 0.3) is 0 Å². The highest BCUT2D eigenvalue weighted by Gasteiger charge is 1.83. The second-order valence-electron chi connectivity index (χ2n) is 2.15. The van der Waals surface area contributed by atoms with Crippen LogP contribution < -0.4 is 11.2 Å².